The highest BCUT2D eigenvalue weighted by Crippen LogP contribution is 2.25. The van der Waals surface area contributed by atoms with Crippen molar-refractivity contribution in [2.75, 3.05) is 0 Å². The average molecular weight is 185 g/mol. The Kier molecular flexibility index (Phi) is 6.40. The van der Waals surface area contributed by atoms with Crippen LogP contribution in [-0.2, 0) is 0 Å². The molecule has 0 spiro atoms. The largest absolute Gasteiger partial charge is 0.325 e. The topological polar surface area (TPSA) is 26.0 Å². The molecule has 0 saturated heterocycles. The molecule has 80 valence electrons. The Balaban J connectivity index is 3.99. The van der Waals surface area contributed by atoms with Crippen LogP contribution in [0.5, 0.6) is 0 Å². The van der Waals surface area contributed by atoms with E-state index in [4.69, 9.17) is 5.73 Å². The molecule has 0 aliphatic rings. The van der Waals surface area contributed by atoms with E-state index in [0.29, 0.717) is 0 Å². The van der Waals surface area contributed by atoms with Crippen LogP contribution in [0.2, 0.25) is 0 Å². The van der Waals surface area contributed by atoms with Crippen LogP contribution in [0.25, 0.3) is 0 Å². The van der Waals surface area contributed by atoms with Crippen molar-refractivity contribution in [3.63, 3.8) is 0 Å². The van der Waals surface area contributed by atoms with E-state index in [2.05, 4.69) is 27.7 Å². The second-order valence-electron chi connectivity index (χ2n) is 4.81. The lowest BCUT2D eigenvalue weighted by Crippen LogP contribution is -2.40. The molecule has 0 radical (unpaired) electrons. The molecule has 13 heavy (non-hydrogen) atoms. The molecule has 0 amide bonds. The third kappa shape index (κ3) is 6.09. The van der Waals surface area contributed by atoms with E-state index in [9.17, 15) is 0 Å². The highest BCUT2D eigenvalue weighted by molar-refractivity contribution is 4.84. The number of unbranched alkanes of at least 4 members (excludes halogenated alkanes) is 1. The first-order valence-electron chi connectivity index (χ1n) is 5.83. The molecule has 0 aromatic rings. The summed E-state index contributed by atoms with van der Waals surface area (Å²) in [6.07, 6.45) is 7.33. The van der Waals surface area contributed by atoms with Gasteiger partial charge in [0.2, 0.25) is 0 Å². The standard InChI is InChI=1S/C12H27N/c1-5-7-9-12(13,8-6-2)10-11(3)4/h11H,5-10,13H2,1-4H3. The quantitative estimate of drug-likeness (QED) is 0.642. The first-order valence-corrected chi connectivity index (χ1v) is 5.83. The number of hydrogen-bond acceptors (Lipinski definition) is 1. The van der Waals surface area contributed by atoms with E-state index < -0.39 is 0 Å². The highest BCUT2D eigenvalue weighted by atomic mass is 14.7. The summed E-state index contributed by atoms with van der Waals surface area (Å²) >= 11 is 0. The van der Waals surface area contributed by atoms with E-state index in [1.54, 1.807) is 0 Å². The van der Waals surface area contributed by atoms with Crippen molar-refractivity contribution >= 4 is 0 Å². The van der Waals surface area contributed by atoms with Gasteiger partial charge in [-0.2, -0.15) is 0 Å². The average Bonchev–Trinajstić information content (AvgIpc) is 2.00. The van der Waals surface area contributed by atoms with E-state index in [1.807, 2.05) is 0 Å². The van der Waals surface area contributed by atoms with Crippen LogP contribution in [0.1, 0.15) is 66.2 Å². The van der Waals surface area contributed by atoms with Gasteiger partial charge in [-0.1, -0.05) is 47.0 Å². The molecule has 2 N–H and O–H groups in total. The molecule has 0 aliphatic carbocycles. The Morgan fingerprint density at radius 2 is 1.69 bits per heavy atom. The first-order chi connectivity index (χ1) is 6.04. The molecular formula is C12H27N. The maximum absolute atomic E-state index is 6.40. The highest BCUT2D eigenvalue weighted by Gasteiger charge is 2.23. The summed E-state index contributed by atoms with van der Waals surface area (Å²) in [5, 5.41) is 0. The molecule has 0 aliphatic heterocycles. The molecule has 0 rings (SSSR count). The van der Waals surface area contributed by atoms with Gasteiger partial charge in [0.15, 0.2) is 0 Å². The molecule has 0 saturated carbocycles. The SMILES string of the molecule is CCCCC(N)(CCC)CC(C)C. The summed E-state index contributed by atoms with van der Waals surface area (Å²) < 4.78 is 0. The number of nitrogens with two attached hydrogens (primary N) is 1. The van der Waals surface area contributed by atoms with Crippen LogP contribution in [0.3, 0.4) is 0 Å². The molecule has 0 aromatic heterocycles. The molecule has 0 bridgehead atoms. The van der Waals surface area contributed by atoms with Gasteiger partial charge in [0.25, 0.3) is 0 Å². The second kappa shape index (κ2) is 6.42. The van der Waals surface area contributed by atoms with Gasteiger partial charge in [-0.25, -0.2) is 0 Å². The fraction of sp³-hybridized carbons (Fsp3) is 1.00. The van der Waals surface area contributed by atoms with E-state index >= 15 is 0 Å². The van der Waals surface area contributed by atoms with Gasteiger partial charge in [-0.3, -0.25) is 0 Å². The Labute approximate surface area is 84.1 Å². The van der Waals surface area contributed by atoms with Gasteiger partial charge in [-0.05, 0) is 25.2 Å². The van der Waals surface area contributed by atoms with Crippen molar-refractivity contribution in [1.29, 1.82) is 0 Å². The third-order valence-corrected chi connectivity index (χ3v) is 2.59. The first kappa shape index (κ1) is 13.0. The Morgan fingerprint density at radius 3 is 2.08 bits per heavy atom. The molecule has 1 nitrogen and oxygen atoms in total. The maximum atomic E-state index is 6.40. The van der Waals surface area contributed by atoms with Crippen LogP contribution in [0.15, 0.2) is 0 Å². The van der Waals surface area contributed by atoms with Crippen molar-refractivity contribution in [3.8, 4) is 0 Å². The number of rotatable bonds is 7. The lowest BCUT2D eigenvalue weighted by molar-refractivity contribution is 0.289. The summed E-state index contributed by atoms with van der Waals surface area (Å²) in [6, 6.07) is 0. The smallest absolute Gasteiger partial charge is 0.0156 e. The van der Waals surface area contributed by atoms with Gasteiger partial charge in [0.1, 0.15) is 0 Å². The van der Waals surface area contributed by atoms with Crippen LogP contribution in [-0.4, -0.2) is 5.54 Å². The van der Waals surface area contributed by atoms with Gasteiger partial charge in [0, 0.05) is 5.54 Å². The molecule has 0 heterocycles. The summed E-state index contributed by atoms with van der Waals surface area (Å²) in [5.74, 6) is 0.730. The van der Waals surface area contributed by atoms with Crippen LogP contribution < -0.4 is 5.73 Å². The molecule has 1 heteroatoms. The zero-order valence-corrected chi connectivity index (χ0v) is 9.90. The summed E-state index contributed by atoms with van der Waals surface area (Å²) in [7, 11) is 0. The minimum absolute atomic E-state index is 0.124. The molecular weight excluding hydrogens is 158 g/mol. The van der Waals surface area contributed by atoms with Crippen molar-refractivity contribution in [2.24, 2.45) is 11.7 Å². The zero-order chi connectivity index (χ0) is 10.3. The van der Waals surface area contributed by atoms with Crippen LogP contribution >= 0.6 is 0 Å². The van der Waals surface area contributed by atoms with Crippen molar-refractivity contribution in [2.45, 2.75) is 71.8 Å². The predicted molar refractivity (Wildman–Crippen MR) is 60.8 cm³/mol. The van der Waals surface area contributed by atoms with Gasteiger partial charge in [-0.15, -0.1) is 0 Å². The molecule has 0 aromatic carbocycles. The Hall–Kier alpha value is -0.0400. The van der Waals surface area contributed by atoms with Crippen LogP contribution in [0.4, 0.5) is 0 Å². The number of hydrogen-bond donors (Lipinski definition) is 1. The normalized spacial score (nSPS) is 16.2. The molecule has 1 atom stereocenters. The van der Waals surface area contributed by atoms with Crippen LogP contribution in [0, 0.1) is 5.92 Å². The van der Waals surface area contributed by atoms with E-state index in [0.717, 1.165) is 5.92 Å². The minimum Gasteiger partial charge on any atom is -0.325 e. The monoisotopic (exact) mass is 185 g/mol. The summed E-state index contributed by atoms with van der Waals surface area (Å²) in [4.78, 5) is 0. The fourth-order valence-electron chi connectivity index (χ4n) is 2.17. The second-order valence-corrected chi connectivity index (χ2v) is 4.81. The molecule has 0 fully saturated rings. The zero-order valence-electron chi connectivity index (χ0n) is 9.90. The van der Waals surface area contributed by atoms with E-state index in [-0.39, 0.29) is 5.54 Å². The maximum Gasteiger partial charge on any atom is 0.0156 e. The third-order valence-electron chi connectivity index (χ3n) is 2.59. The van der Waals surface area contributed by atoms with Gasteiger partial charge in [0.05, 0.1) is 0 Å². The minimum atomic E-state index is 0.124. The lowest BCUT2D eigenvalue weighted by Gasteiger charge is -2.31. The molecule has 1 unspecified atom stereocenters. The lowest BCUT2D eigenvalue weighted by atomic mass is 9.82. The predicted octanol–water partition coefficient (Wildman–Crippen LogP) is 3.72. The van der Waals surface area contributed by atoms with Gasteiger partial charge >= 0.3 is 0 Å². The van der Waals surface area contributed by atoms with Crippen molar-refractivity contribution < 1.29 is 0 Å². The summed E-state index contributed by atoms with van der Waals surface area (Å²) in [5.41, 5.74) is 6.52. The van der Waals surface area contributed by atoms with Gasteiger partial charge < -0.3 is 5.73 Å². The van der Waals surface area contributed by atoms with E-state index in [1.165, 1.54) is 38.5 Å². The van der Waals surface area contributed by atoms with Crippen molar-refractivity contribution in [1.82, 2.24) is 0 Å². The Bertz CT molecular complexity index is 120. The summed E-state index contributed by atoms with van der Waals surface area (Å²) in [6.45, 7) is 9.00. The Morgan fingerprint density at radius 1 is 1.08 bits per heavy atom. The van der Waals surface area contributed by atoms with Crippen molar-refractivity contribution in [3.05, 3.63) is 0 Å². The fourth-order valence-corrected chi connectivity index (χ4v) is 2.17.